The van der Waals surface area contributed by atoms with Crippen molar-refractivity contribution in [3.05, 3.63) is 59.7 Å². The minimum atomic E-state index is -4.35. The average Bonchev–Trinajstić information content (AvgIpc) is 2.77. The first-order chi connectivity index (χ1) is 14.3. The number of nitrogens with zero attached hydrogens (tertiary/aromatic N) is 2. The fourth-order valence-electron chi connectivity index (χ4n) is 3.49. The van der Waals surface area contributed by atoms with Gasteiger partial charge in [-0.2, -0.15) is 13.2 Å². The molecule has 2 aromatic carbocycles. The van der Waals surface area contributed by atoms with Crippen LogP contribution in [0.5, 0.6) is 5.75 Å². The largest absolute Gasteiger partial charge is 0.497 e. The van der Waals surface area contributed by atoms with Gasteiger partial charge in [0.05, 0.1) is 18.7 Å². The van der Waals surface area contributed by atoms with E-state index >= 15 is 0 Å². The van der Waals surface area contributed by atoms with Crippen LogP contribution in [0.1, 0.15) is 18.1 Å². The van der Waals surface area contributed by atoms with E-state index in [1.54, 1.807) is 13.2 Å². The lowest BCUT2D eigenvalue weighted by Crippen LogP contribution is -2.53. The molecule has 0 saturated carbocycles. The quantitative estimate of drug-likeness (QED) is 0.775. The monoisotopic (exact) mass is 421 g/mol. The maximum atomic E-state index is 12.9. The Hall–Kier alpha value is -2.74. The van der Waals surface area contributed by atoms with Crippen molar-refractivity contribution in [3.8, 4) is 5.75 Å². The Labute approximate surface area is 174 Å². The highest BCUT2D eigenvalue weighted by atomic mass is 19.4. The Balaban J connectivity index is 1.50. The Bertz CT molecular complexity index is 847. The summed E-state index contributed by atoms with van der Waals surface area (Å²) in [7, 11) is 1.60. The van der Waals surface area contributed by atoms with Gasteiger partial charge in [0.25, 0.3) is 0 Å². The molecule has 0 spiro atoms. The summed E-state index contributed by atoms with van der Waals surface area (Å²) in [5.74, 6) is 0.690. The maximum absolute atomic E-state index is 12.9. The number of rotatable bonds is 6. The topological polar surface area (TPSA) is 44.8 Å². The van der Waals surface area contributed by atoms with Gasteiger partial charge in [0, 0.05) is 38.4 Å². The summed E-state index contributed by atoms with van der Waals surface area (Å²) in [5, 5.41) is 2.94. The van der Waals surface area contributed by atoms with Gasteiger partial charge in [-0.1, -0.05) is 18.2 Å². The molecular weight excluding hydrogens is 395 g/mol. The Morgan fingerprint density at radius 1 is 1.10 bits per heavy atom. The third kappa shape index (κ3) is 5.44. The summed E-state index contributed by atoms with van der Waals surface area (Å²) in [5.41, 5.74) is 0.889. The van der Waals surface area contributed by atoms with E-state index in [9.17, 15) is 18.0 Å². The fraction of sp³-hybridized carbons (Fsp3) is 0.409. The first kappa shape index (κ1) is 22.0. The van der Waals surface area contributed by atoms with Crippen LogP contribution in [0.25, 0.3) is 0 Å². The summed E-state index contributed by atoms with van der Waals surface area (Å²) < 4.78 is 44.0. The van der Waals surface area contributed by atoms with Gasteiger partial charge < -0.3 is 15.0 Å². The molecule has 1 atom stereocenters. The molecule has 0 unspecified atom stereocenters. The van der Waals surface area contributed by atoms with Crippen LogP contribution in [-0.4, -0.2) is 50.1 Å². The van der Waals surface area contributed by atoms with Gasteiger partial charge in [-0.05, 0) is 42.8 Å². The number of alkyl halides is 3. The number of hydrogen-bond donors (Lipinski definition) is 1. The van der Waals surface area contributed by atoms with Gasteiger partial charge in [0.1, 0.15) is 5.75 Å². The molecule has 3 rings (SSSR count). The van der Waals surface area contributed by atoms with E-state index in [-0.39, 0.29) is 11.9 Å². The number of nitrogens with one attached hydrogen (secondary N) is 1. The van der Waals surface area contributed by atoms with E-state index in [1.165, 1.54) is 12.1 Å². The lowest BCUT2D eigenvalue weighted by Gasteiger charge is -2.38. The van der Waals surface area contributed by atoms with Crippen LogP contribution in [0.2, 0.25) is 0 Å². The first-order valence-corrected chi connectivity index (χ1v) is 9.85. The Morgan fingerprint density at radius 2 is 1.77 bits per heavy atom. The minimum Gasteiger partial charge on any atom is -0.497 e. The summed E-state index contributed by atoms with van der Waals surface area (Å²) in [6.45, 7) is 4.62. The summed E-state index contributed by atoms with van der Waals surface area (Å²) in [6.07, 6.45) is -4.35. The van der Waals surface area contributed by atoms with Gasteiger partial charge >= 0.3 is 6.18 Å². The summed E-state index contributed by atoms with van der Waals surface area (Å²) in [4.78, 5) is 16.5. The average molecular weight is 421 g/mol. The molecule has 1 aliphatic rings. The molecule has 1 fully saturated rings. The van der Waals surface area contributed by atoms with Crippen molar-refractivity contribution < 1.29 is 22.7 Å². The van der Waals surface area contributed by atoms with Crippen LogP contribution in [0, 0.1) is 0 Å². The number of benzene rings is 2. The molecule has 0 aromatic heterocycles. The van der Waals surface area contributed by atoms with Crippen LogP contribution in [0.4, 0.5) is 18.9 Å². The molecule has 1 N–H and O–H groups in total. The van der Waals surface area contributed by atoms with Crippen LogP contribution in [0.15, 0.2) is 48.5 Å². The molecule has 8 heteroatoms. The predicted molar refractivity (Wildman–Crippen MR) is 110 cm³/mol. The number of carbonyl (C=O) groups is 1. The highest BCUT2D eigenvalue weighted by molar-refractivity contribution is 5.81. The van der Waals surface area contributed by atoms with Crippen molar-refractivity contribution in [2.24, 2.45) is 0 Å². The highest BCUT2D eigenvalue weighted by Crippen LogP contribution is 2.32. The van der Waals surface area contributed by atoms with E-state index in [0.717, 1.165) is 17.4 Å². The minimum absolute atomic E-state index is 0.0710. The van der Waals surface area contributed by atoms with E-state index in [2.05, 4.69) is 5.32 Å². The lowest BCUT2D eigenvalue weighted by molar-refractivity contribution is -0.137. The van der Waals surface area contributed by atoms with Crippen LogP contribution in [-0.2, 0) is 17.5 Å². The van der Waals surface area contributed by atoms with Gasteiger partial charge in [-0.15, -0.1) is 0 Å². The van der Waals surface area contributed by atoms with E-state index in [4.69, 9.17) is 4.74 Å². The molecule has 0 bridgehead atoms. The second kappa shape index (κ2) is 9.38. The maximum Gasteiger partial charge on any atom is 0.416 e. The number of piperazine rings is 1. The highest BCUT2D eigenvalue weighted by Gasteiger charge is 2.31. The molecule has 0 aliphatic carbocycles. The van der Waals surface area contributed by atoms with Crippen LogP contribution < -0.4 is 15.0 Å². The van der Waals surface area contributed by atoms with E-state index in [1.807, 2.05) is 41.0 Å². The smallest absolute Gasteiger partial charge is 0.416 e. The Morgan fingerprint density at radius 3 is 2.37 bits per heavy atom. The summed E-state index contributed by atoms with van der Waals surface area (Å²) in [6, 6.07) is 12.6. The third-order valence-electron chi connectivity index (χ3n) is 5.41. The van der Waals surface area contributed by atoms with Crippen molar-refractivity contribution in [3.63, 3.8) is 0 Å². The Kier molecular flexibility index (Phi) is 6.87. The van der Waals surface area contributed by atoms with Crippen molar-refractivity contribution in [2.75, 3.05) is 38.2 Å². The molecule has 5 nitrogen and oxygen atoms in total. The number of hydrogen-bond acceptors (Lipinski definition) is 4. The zero-order chi connectivity index (χ0) is 21.7. The molecule has 162 valence electrons. The molecule has 1 aliphatic heterocycles. The van der Waals surface area contributed by atoms with Crippen molar-refractivity contribution in [1.82, 2.24) is 10.2 Å². The number of methoxy groups -OCH3 is 1. The van der Waals surface area contributed by atoms with Gasteiger partial charge in [-0.3, -0.25) is 9.69 Å². The normalized spacial score (nSPS) is 16.2. The molecular formula is C22H26F3N3O2. The summed E-state index contributed by atoms with van der Waals surface area (Å²) >= 11 is 0. The molecule has 2 aromatic rings. The van der Waals surface area contributed by atoms with Crippen LogP contribution >= 0.6 is 0 Å². The molecule has 1 amide bonds. The molecule has 1 saturated heterocycles. The van der Waals surface area contributed by atoms with Crippen molar-refractivity contribution >= 4 is 11.6 Å². The van der Waals surface area contributed by atoms with Gasteiger partial charge in [0.15, 0.2) is 0 Å². The zero-order valence-electron chi connectivity index (χ0n) is 17.1. The van der Waals surface area contributed by atoms with E-state index in [0.29, 0.717) is 38.4 Å². The van der Waals surface area contributed by atoms with Crippen LogP contribution in [0.3, 0.4) is 0 Å². The van der Waals surface area contributed by atoms with Gasteiger partial charge in [-0.25, -0.2) is 0 Å². The third-order valence-corrected chi connectivity index (χ3v) is 5.41. The number of anilines is 1. The van der Waals surface area contributed by atoms with Crippen molar-refractivity contribution in [1.29, 1.82) is 0 Å². The fourth-order valence-corrected chi connectivity index (χ4v) is 3.49. The SMILES string of the molecule is COc1ccc(CNC(=O)[C@@H](C)N2CCN(c3cccc(C(F)(F)F)c3)CC2)cc1. The second-order valence-corrected chi connectivity index (χ2v) is 7.31. The van der Waals surface area contributed by atoms with E-state index < -0.39 is 11.7 Å². The number of carbonyl (C=O) groups excluding carboxylic acids is 1. The molecule has 0 radical (unpaired) electrons. The standard InChI is InChI=1S/C22H26F3N3O2/c1-16(21(29)26-15-17-6-8-20(30-2)9-7-17)27-10-12-28(13-11-27)19-5-3-4-18(14-19)22(23,24)25/h3-9,14,16H,10-13,15H2,1-2H3,(H,26,29)/t16-/m1/s1. The zero-order valence-corrected chi connectivity index (χ0v) is 17.1. The second-order valence-electron chi connectivity index (χ2n) is 7.31. The first-order valence-electron chi connectivity index (χ1n) is 9.85. The predicted octanol–water partition coefficient (Wildman–Crippen LogP) is 3.54. The van der Waals surface area contributed by atoms with Gasteiger partial charge in [0.2, 0.25) is 5.91 Å². The lowest BCUT2D eigenvalue weighted by atomic mass is 10.1. The number of amides is 1. The molecule has 30 heavy (non-hydrogen) atoms. The number of halogens is 3. The number of ether oxygens (including phenoxy) is 1. The van der Waals surface area contributed by atoms with Crippen molar-refractivity contribution in [2.45, 2.75) is 25.7 Å². The molecule has 1 heterocycles.